The second-order valence-corrected chi connectivity index (χ2v) is 7.44. The highest BCUT2D eigenvalue weighted by Gasteiger charge is 2.55. The Kier molecular flexibility index (Phi) is 5.42. The zero-order chi connectivity index (χ0) is 18.8. The highest BCUT2D eigenvalue weighted by atomic mass is 16.6. The highest BCUT2D eigenvalue weighted by Crippen LogP contribution is 2.42. The van der Waals surface area contributed by atoms with Crippen molar-refractivity contribution in [2.24, 2.45) is 0 Å². The van der Waals surface area contributed by atoms with E-state index in [9.17, 15) is 9.59 Å². The Morgan fingerprint density at radius 1 is 1.20 bits per heavy atom. The fourth-order valence-electron chi connectivity index (χ4n) is 2.92. The van der Waals surface area contributed by atoms with Gasteiger partial charge >= 0.3 is 12.1 Å². The molecule has 1 fully saturated rings. The Morgan fingerprint density at radius 3 is 2.32 bits per heavy atom. The van der Waals surface area contributed by atoms with Gasteiger partial charge in [0.1, 0.15) is 17.4 Å². The largest absolute Gasteiger partial charge is 0.464 e. The van der Waals surface area contributed by atoms with Crippen LogP contribution in [0, 0.1) is 0 Å². The number of hydrogen-bond acceptors (Lipinski definition) is 5. The molecule has 6 nitrogen and oxygen atoms in total. The molecule has 1 aromatic carbocycles. The molecule has 1 aliphatic rings. The summed E-state index contributed by atoms with van der Waals surface area (Å²) in [6.45, 7) is 10.9. The monoisotopic (exact) mass is 349 g/mol. The molecule has 0 bridgehead atoms. The predicted molar refractivity (Wildman–Crippen MR) is 92.8 cm³/mol. The molecule has 25 heavy (non-hydrogen) atoms. The second kappa shape index (κ2) is 7.04. The summed E-state index contributed by atoms with van der Waals surface area (Å²) in [4.78, 5) is 26.8. The lowest BCUT2D eigenvalue weighted by atomic mass is 10.0. The van der Waals surface area contributed by atoms with E-state index in [1.54, 1.807) is 41.5 Å². The molecular weight excluding hydrogens is 322 g/mol. The number of nitrogens with zero attached hydrogens (tertiary/aromatic N) is 1. The molecule has 1 amide bonds. The quantitative estimate of drug-likeness (QED) is 0.779. The topological polar surface area (TPSA) is 65.1 Å². The van der Waals surface area contributed by atoms with Crippen molar-refractivity contribution in [3.63, 3.8) is 0 Å². The number of carbonyl (C=O) groups is 2. The van der Waals surface area contributed by atoms with Crippen LogP contribution in [0.15, 0.2) is 30.3 Å². The summed E-state index contributed by atoms with van der Waals surface area (Å²) in [5.74, 6) is -0.490. The van der Waals surface area contributed by atoms with Crippen LogP contribution in [0.5, 0.6) is 0 Å². The molecule has 138 valence electrons. The number of carbonyl (C=O) groups excluding carboxylic acids is 2. The maximum atomic E-state index is 12.9. The van der Waals surface area contributed by atoms with Crippen LogP contribution in [0.4, 0.5) is 4.79 Å². The van der Waals surface area contributed by atoms with Crippen LogP contribution in [-0.2, 0) is 19.0 Å². The SMILES string of the molecule is CCOC(=O)[C@@H]1OC(C)(C)N(C(=O)OC(C)(C)C)[C@@H]1c1ccccc1. The molecule has 2 rings (SSSR count). The molecule has 1 aromatic rings. The first-order valence-corrected chi connectivity index (χ1v) is 8.48. The van der Waals surface area contributed by atoms with Gasteiger partial charge in [-0.15, -0.1) is 0 Å². The molecule has 0 spiro atoms. The summed E-state index contributed by atoms with van der Waals surface area (Å²) in [6.07, 6.45) is -1.44. The van der Waals surface area contributed by atoms with Gasteiger partial charge in [0.25, 0.3) is 0 Å². The Bertz CT molecular complexity index is 620. The maximum Gasteiger partial charge on any atom is 0.413 e. The lowest BCUT2D eigenvalue weighted by Gasteiger charge is -2.35. The lowest BCUT2D eigenvalue weighted by molar-refractivity contribution is -0.161. The van der Waals surface area contributed by atoms with E-state index in [1.165, 1.54) is 4.90 Å². The molecule has 2 atom stereocenters. The van der Waals surface area contributed by atoms with Crippen LogP contribution in [0.2, 0.25) is 0 Å². The second-order valence-electron chi connectivity index (χ2n) is 7.44. The van der Waals surface area contributed by atoms with E-state index in [1.807, 2.05) is 30.3 Å². The van der Waals surface area contributed by atoms with Crippen molar-refractivity contribution in [1.29, 1.82) is 0 Å². The first-order valence-electron chi connectivity index (χ1n) is 8.48. The zero-order valence-corrected chi connectivity index (χ0v) is 15.7. The smallest absolute Gasteiger partial charge is 0.413 e. The van der Waals surface area contributed by atoms with Gasteiger partial charge in [0, 0.05) is 0 Å². The molecule has 1 saturated heterocycles. The Hall–Kier alpha value is -2.08. The van der Waals surface area contributed by atoms with Gasteiger partial charge in [-0.1, -0.05) is 30.3 Å². The first-order chi connectivity index (χ1) is 11.6. The molecule has 1 heterocycles. The van der Waals surface area contributed by atoms with Crippen LogP contribution in [0.25, 0.3) is 0 Å². The average Bonchev–Trinajstić information content (AvgIpc) is 2.78. The summed E-state index contributed by atoms with van der Waals surface area (Å²) in [5.41, 5.74) is -0.881. The van der Waals surface area contributed by atoms with E-state index >= 15 is 0 Å². The van der Waals surface area contributed by atoms with E-state index in [2.05, 4.69) is 0 Å². The Balaban J connectivity index is 2.45. The van der Waals surface area contributed by atoms with Gasteiger partial charge < -0.3 is 14.2 Å². The minimum atomic E-state index is -1.01. The van der Waals surface area contributed by atoms with Crippen LogP contribution in [0.1, 0.15) is 53.1 Å². The fourth-order valence-corrected chi connectivity index (χ4v) is 2.92. The third-order valence-corrected chi connectivity index (χ3v) is 3.81. The highest BCUT2D eigenvalue weighted by molar-refractivity contribution is 5.79. The van der Waals surface area contributed by atoms with Gasteiger partial charge in [-0.25, -0.2) is 9.59 Å². The van der Waals surface area contributed by atoms with Crippen molar-refractivity contribution in [2.45, 2.75) is 65.0 Å². The van der Waals surface area contributed by atoms with Crippen LogP contribution < -0.4 is 0 Å². The Morgan fingerprint density at radius 2 is 1.80 bits per heavy atom. The number of hydrogen-bond donors (Lipinski definition) is 0. The van der Waals surface area contributed by atoms with Crippen molar-refractivity contribution in [3.8, 4) is 0 Å². The standard InChI is InChI=1S/C19H27NO5/c1-7-23-16(21)15-14(13-11-9-8-10-12-13)20(19(5,6)24-15)17(22)25-18(2,3)4/h8-12,14-15H,7H2,1-6H3/t14-,15-/m1/s1. The molecule has 0 saturated carbocycles. The average molecular weight is 349 g/mol. The number of esters is 1. The van der Waals surface area contributed by atoms with Crippen molar-refractivity contribution >= 4 is 12.1 Å². The molecule has 0 unspecified atom stereocenters. The number of rotatable bonds is 3. The normalized spacial score (nSPS) is 22.6. The molecule has 0 aliphatic carbocycles. The van der Waals surface area contributed by atoms with Crippen molar-refractivity contribution in [2.75, 3.05) is 6.61 Å². The van der Waals surface area contributed by atoms with E-state index in [4.69, 9.17) is 14.2 Å². The third kappa shape index (κ3) is 4.31. The van der Waals surface area contributed by atoms with Crippen LogP contribution in [0.3, 0.4) is 0 Å². The summed E-state index contributed by atoms with van der Waals surface area (Å²) in [7, 11) is 0. The van der Waals surface area contributed by atoms with Crippen molar-refractivity contribution < 1.29 is 23.8 Å². The predicted octanol–water partition coefficient (Wildman–Crippen LogP) is 3.66. The van der Waals surface area contributed by atoms with Gasteiger partial charge in [0.2, 0.25) is 0 Å². The molecule has 1 aliphatic heterocycles. The van der Waals surface area contributed by atoms with Crippen molar-refractivity contribution in [3.05, 3.63) is 35.9 Å². The van der Waals surface area contributed by atoms with Crippen molar-refractivity contribution in [1.82, 2.24) is 4.90 Å². The van der Waals surface area contributed by atoms with Gasteiger partial charge in [-0.3, -0.25) is 4.90 Å². The van der Waals surface area contributed by atoms with E-state index in [0.29, 0.717) is 0 Å². The van der Waals surface area contributed by atoms with Crippen LogP contribution in [-0.4, -0.2) is 41.0 Å². The lowest BCUT2D eigenvalue weighted by Crippen LogP contribution is -2.47. The number of amides is 1. The minimum absolute atomic E-state index is 0.243. The molecule has 0 radical (unpaired) electrons. The molecular formula is C19H27NO5. The summed E-state index contributed by atoms with van der Waals surface area (Å²) >= 11 is 0. The fraction of sp³-hybridized carbons (Fsp3) is 0.579. The van der Waals surface area contributed by atoms with E-state index in [0.717, 1.165) is 5.56 Å². The van der Waals surface area contributed by atoms with Gasteiger partial charge in [-0.2, -0.15) is 0 Å². The summed E-state index contributed by atoms with van der Waals surface area (Å²) < 4.78 is 16.6. The zero-order valence-electron chi connectivity index (χ0n) is 15.7. The molecule has 0 N–H and O–H groups in total. The summed E-state index contributed by atoms with van der Waals surface area (Å²) in [5, 5.41) is 0. The first kappa shape index (κ1) is 19.2. The van der Waals surface area contributed by atoms with E-state index < -0.39 is 35.5 Å². The molecule has 6 heteroatoms. The molecule has 0 aromatic heterocycles. The minimum Gasteiger partial charge on any atom is -0.464 e. The van der Waals surface area contributed by atoms with Gasteiger partial charge in [0.15, 0.2) is 6.10 Å². The maximum absolute atomic E-state index is 12.9. The number of ether oxygens (including phenoxy) is 3. The summed E-state index contributed by atoms with van der Waals surface area (Å²) in [6, 6.07) is 8.69. The van der Waals surface area contributed by atoms with Gasteiger partial charge in [0.05, 0.1) is 6.61 Å². The van der Waals surface area contributed by atoms with Gasteiger partial charge in [-0.05, 0) is 47.1 Å². The van der Waals surface area contributed by atoms with E-state index in [-0.39, 0.29) is 6.61 Å². The Labute approximate surface area is 149 Å². The third-order valence-electron chi connectivity index (χ3n) is 3.81. The van der Waals surface area contributed by atoms with Crippen LogP contribution >= 0.6 is 0 Å². The number of benzene rings is 1.